The van der Waals surface area contributed by atoms with Crippen molar-refractivity contribution >= 4 is 27.2 Å². The van der Waals surface area contributed by atoms with Gasteiger partial charge in [0.1, 0.15) is 11.5 Å². The molecule has 180 valence electrons. The van der Waals surface area contributed by atoms with Gasteiger partial charge in [-0.3, -0.25) is 4.79 Å². The highest BCUT2D eigenvalue weighted by Crippen LogP contribution is 2.40. The minimum Gasteiger partial charge on any atom is -0.497 e. The lowest BCUT2D eigenvalue weighted by molar-refractivity contribution is 0.104. The predicted molar refractivity (Wildman–Crippen MR) is 144 cm³/mol. The van der Waals surface area contributed by atoms with E-state index in [1.165, 1.54) is 32.4 Å². The molecule has 0 unspecified atom stereocenters. The second kappa shape index (κ2) is 11.1. The van der Waals surface area contributed by atoms with Crippen LogP contribution in [0.2, 0.25) is 0 Å². The highest BCUT2D eigenvalue weighted by Gasteiger charge is 2.21. The number of methoxy groups -OCH3 is 1. The van der Waals surface area contributed by atoms with Gasteiger partial charge in [-0.2, -0.15) is 0 Å². The monoisotopic (exact) mass is 485 g/mol. The van der Waals surface area contributed by atoms with E-state index in [0.717, 1.165) is 50.6 Å². The molecule has 0 spiro atoms. The van der Waals surface area contributed by atoms with Crippen LogP contribution in [-0.4, -0.2) is 44.0 Å². The highest BCUT2D eigenvalue weighted by atomic mass is 32.1. The van der Waals surface area contributed by atoms with E-state index in [2.05, 4.69) is 11.0 Å². The summed E-state index contributed by atoms with van der Waals surface area (Å²) in [5.41, 5.74) is 2.44. The van der Waals surface area contributed by atoms with E-state index in [4.69, 9.17) is 9.47 Å². The summed E-state index contributed by atoms with van der Waals surface area (Å²) in [5.74, 6) is 1.64. The Bertz CT molecular complexity index is 1270. The molecule has 4 aromatic rings. The van der Waals surface area contributed by atoms with Gasteiger partial charge in [0.2, 0.25) is 0 Å². The first-order chi connectivity index (χ1) is 17.2. The van der Waals surface area contributed by atoms with Gasteiger partial charge in [-0.25, -0.2) is 0 Å². The first-order valence-corrected chi connectivity index (χ1v) is 13.2. The number of likely N-dealkylation sites (tertiary alicyclic amines) is 1. The van der Waals surface area contributed by atoms with Gasteiger partial charge in [0.05, 0.1) is 13.7 Å². The molecule has 35 heavy (non-hydrogen) atoms. The quantitative estimate of drug-likeness (QED) is 0.188. The van der Waals surface area contributed by atoms with E-state index in [1.807, 2.05) is 66.7 Å². The minimum absolute atomic E-state index is 0.0323. The number of hydrogen-bond donors (Lipinski definition) is 0. The van der Waals surface area contributed by atoms with Crippen LogP contribution in [0.15, 0.2) is 72.8 Å². The first kappa shape index (κ1) is 23.6. The molecule has 0 bridgehead atoms. The Morgan fingerprint density at radius 1 is 0.886 bits per heavy atom. The third-order valence-electron chi connectivity index (χ3n) is 6.63. The molecule has 0 N–H and O–H groups in total. The first-order valence-electron chi connectivity index (χ1n) is 12.4. The van der Waals surface area contributed by atoms with Crippen molar-refractivity contribution in [1.82, 2.24) is 4.90 Å². The van der Waals surface area contributed by atoms with Gasteiger partial charge in [0.15, 0.2) is 5.78 Å². The van der Waals surface area contributed by atoms with Crippen molar-refractivity contribution < 1.29 is 14.3 Å². The number of carbonyl (C=O) groups is 1. The van der Waals surface area contributed by atoms with Crippen LogP contribution in [-0.2, 0) is 0 Å². The third-order valence-corrected chi connectivity index (χ3v) is 7.85. The zero-order valence-corrected chi connectivity index (χ0v) is 21.0. The molecule has 1 aliphatic heterocycles. The number of rotatable bonds is 9. The van der Waals surface area contributed by atoms with Gasteiger partial charge in [-0.15, -0.1) is 11.3 Å². The van der Waals surface area contributed by atoms with Crippen LogP contribution < -0.4 is 9.47 Å². The average Bonchev–Trinajstić information content (AvgIpc) is 3.31. The summed E-state index contributed by atoms with van der Waals surface area (Å²) in [6, 6.07) is 23.6. The lowest BCUT2D eigenvalue weighted by Crippen LogP contribution is -2.31. The van der Waals surface area contributed by atoms with Crippen molar-refractivity contribution in [1.29, 1.82) is 0 Å². The van der Waals surface area contributed by atoms with Gasteiger partial charge >= 0.3 is 0 Å². The summed E-state index contributed by atoms with van der Waals surface area (Å²) in [5, 5.41) is 0.992. The Hall–Kier alpha value is -3.15. The molecular weight excluding hydrogens is 454 g/mol. The van der Waals surface area contributed by atoms with Crippen LogP contribution in [0.5, 0.6) is 11.5 Å². The maximum Gasteiger partial charge on any atom is 0.195 e. The maximum atomic E-state index is 13.7. The SMILES string of the molecule is COc1ccc(-c2sc3ccccc3c2C(=O)c2ccc(OCCCN3CCCCC3)cc2)cc1. The maximum absolute atomic E-state index is 13.7. The number of nitrogens with zero attached hydrogens (tertiary/aromatic N) is 1. The van der Waals surface area contributed by atoms with Crippen molar-refractivity contribution in [3.05, 3.63) is 83.9 Å². The fraction of sp³-hybridized carbons (Fsp3) is 0.300. The molecule has 5 rings (SSSR count). The molecule has 1 fully saturated rings. The van der Waals surface area contributed by atoms with Crippen molar-refractivity contribution in [3.8, 4) is 21.9 Å². The number of benzene rings is 3. The number of piperidine rings is 1. The Balaban J connectivity index is 1.32. The highest BCUT2D eigenvalue weighted by molar-refractivity contribution is 7.22. The topological polar surface area (TPSA) is 38.8 Å². The standard InChI is InChI=1S/C30H31NO3S/c1-33-24-14-12-23(13-15-24)30-28(26-8-3-4-9-27(26)35-30)29(32)22-10-16-25(17-11-22)34-21-7-20-31-18-5-2-6-19-31/h3-4,8-17H,2,5-7,18-21H2,1H3. The van der Waals surface area contributed by atoms with Gasteiger partial charge in [0.25, 0.3) is 0 Å². The molecule has 3 aromatic carbocycles. The van der Waals surface area contributed by atoms with Crippen molar-refractivity contribution in [2.45, 2.75) is 25.7 Å². The molecular formula is C30H31NO3S. The Morgan fingerprint density at radius 3 is 2.34 bits per heavy atom. The molecule has 4 nitrogen and oxygen atoms in total. The number of hydrogen-bond acceptors (Lipinski definition) is 5. The smallest absolute Gasteiger partial charge is 0.195 e. The van der Waals surface area contributed by atoms with Crippen molar-refractivity contribution in [3.63, 3.8) is 0 Å². The number of thiophene rings is 1. The van der Waals surface area contributed by atoms with E-state index in [0.29, 0.717) is 12.2 Å². The summed E-state index contributed by atoms with van der Waals surface area (Å²) in [7, 11) is 1.66. The Kier molecular flexibility index (Phi) is 7.45. The van der Waals surface area contributed by atoms with Crippen molar-refractivity contribution in [2.75, 3.05) is 33.4 Å². The van der Waals surface area contributed by atoms with Gasteiger partial charge in [-0.1, -0.05) is 24.6 Å². The average molecular weight is 486 g/mol. The number of carbonyl (C=O) groups excluding carboxylic acids is 1. The van der Waals surface area contributed by atoms with Crippen LogP contribution in [0.3, 0.4) is 0 Å². The largest absolute Gasteiger partial charge is 0.497 e. The summed E-state index contributed by atoms with van der Waals surface area (Å²) in [4.78, 5) is 17.2. The number of ketones is 1. The minimum atomic E-state index is 0.0323. The number of fused-ring (bicyclic) bond motifs is 1. The van der Waals surface area contributed by atoms with Crippen LogP contribution in [0, 0.1) is 0 Å². The zero-order valence-electron chi connectivity index (χ0n) is 20.2. The lowest BCUT2D eigenvalue weighted by Gasteiger charge is -2.26. The predicted octanol–water partition coefficient (Wildman–Crippen LogP) is 7.06. The molecule has 1 aliphatic rings. The molecule has 1 aromatic heterocycles. The van der Waals surface area contributed by atoms with E-state index in [9.17, 15) is 4.79 Å². The molecule has 0 atom stereocenters. The summed E-state index contributed by atoms with van der Waals surface area (Å²) >= 11 is 1.65. The van der Waals surface area contributed by atoms with Crippen molar-refractivity contribution in [2.24, 2.45) is 0 Å². The second-order valence-electron chi connectivity index (χ2n) is 8.99. The zero-order chi connectivity index (χ0) is 24.0. The van der Waals surface area contributed by atoms with Crippen LogP contribution in [0.25, 0.3) is 20.5 Å². The fourth-order valence-corrected chi connectivity index (χ4v) is 5.93. The van der Waals surface area contributed by atoms with E-state index in [1.54, 1.807) is 18.4 Å². The molecule has 1 saturated heterocycles. The summed E-state index contributed by atoms with van der Waals surface area (Å²) < 4.78 is 12.4. The van der Waals surface area contributed by atoms with Gasteiger partial charge < -0.3 is 14.4 Å². The van der Waals surface area contributed by atoms with E-state index < -0.39 is 0 Å². The molecule has 0 aliphatic carbocycles. The molecule has 0 radical (unpaired) electrons. The normalized spacial score (nSPS) is 14.2. The fourth-order valence-electron chi connectivity index (χ4n) is 4.72. The lowest BCUT2D eigenvalue weighted by atomic mass is 9.97. The van der Waals surface area contributed by atoms with Gasteiger partial charge in [-0.05, 0) is 92.5 Å². The molecule has 5 heteroatoms. The number of ether oxygens (including phenoxy) is 2. The summed E-state index contributed by atoms with van der Waals surface area (Å²) in [6.07, 6.45) is 5.01. The second-order valence-corrected chi connectivity index (χ2v) is 10.0. The molecule has 0 saturated carbocycles. The van der Waals surface area contributed by atoms with E-state index >= 15 is 0 Å². The Labute approximate surface area is 211 Å². The van der Waals surface area contributed by atoms with E-state index in [-0.39, 0.29) is 5.78 Å². The van der Waals surface area contributed by atoms with Gasteiger partial charge in [0, 0.05) is 32.6 Å². The Morgan fingerprint density at radius 2 is 1.60 bits per heavy atom. The van der Waals surface area contributed by atoms with Crippen LogP contribution >= 0.6 is 11.3 Å². The van der Waals surface area contributed by atoms with Crippen LogP contribution in [0.1, 0.15) is 41.6 Å². The molecule has 2 heterocycles. The van der Waals surface area contributed by atoms with Crippen LogP contribution in [0.4, 0.5) is 0 Å². The third kappa shape index (κ3) is 5.42. The molecule has 0 amide bonds. The summed E-state index contributed by atoms with van der Waals surface area (Å²) in [6.45, 7) is 4.22.